The molecule has 0 amide bonds. The summed E-state index contributed by atoms with van der Waals surface area (Å²) >= 11 is 0. The lowest BCUT2D eigenvalue weighted by molar-refractivity contribution is 0.0733. The summed E-state index contributed by atoms with van der Waals surface area (Å²) in [5, 5.41) is 18.3. The number of aliphatic hydroxyl groups excluding tert-OH is 2. The van der Waals surface area contributed by atoms with Gasteiger partial charge in [0.05, 0.1) is 12.2 Å². The fourth-order valence-electron chi connectivity index (χ4n) is 0.932. The Labute approximate surface area is 62.9 Å². The molecule has 2 nitrogen and oxygen atoms in total. The smallest absolute Gasteiger partial charge is 0.0564 e. The van der Waals surface area contributed by atoms with Crippen molar-refractivity contribution >= 4 is 0 Å². The lowest BCUT2D eigenvalue weighted by Gasteiger charge is -2.12. The summed E-state index contributed by atoms with van der Waals surface area (Å²) < 4.78 is 0. The molecule has 0 aromatic heterocycles. The Balaban J connectivity index is 3.27. The van der Waals surface area contributed by atoms with Gasteiger partial charge in [-0.1, -0.05) is 20.3 Å². The van der Waals surface area contributed by atoms with E-state index in [-0.39, 0.29) is 12.2 Å². The first-order chi connectivity index (χ1) is 4.70. The van der Waals surface area contributed by atoms with E-state index in [2.05, 4.69) is 0 Å². The number of rotatable bonds is 5. The van der Waals surface area contributed by atoms with Crippen LogP contribution < -0.4 is 0 Å². The molecule has 0 rings (SSSR count). The van der Waals surface area contributed by atoms with Crippen molar-refractivity contribution in [1.82, 2.24) is 0 Å². The van der Waals surface area contributed by atoms with Crippen molar-refractivity contribution in [3.63, 3.8) is 0 Å². The van der Waals surface area contributed by atoms with Crippen molar-refractivity contribution in [2.45, 2.75) is 51.7 Å². The van der Waals surface area contributed by atoms with Crippen LogP contribution in [0, 0.1) is 0 Å². The molecular formula is C8H18O2. The van der Waals surface area contributed by atoms with Crippen molar-refractivity contribution in [2.75, 3.05) is 0 Å². The van der Waals surface area contributed by atoms with Crippen LogP contribution in [0.1, 0.15) is 39.5 Å². The summed E-state index contributed by atoms with van der Waals surface area (Å²) in [6.07, 6.45) is 2.43. The van der Waals surface area contributed by atoms with Crippen LogP contribution in [0.15, 0.2) is 0 Å². The minimum absolute atomic E-state index is 0.306. The molecule has 2 N–H and O–H groups in total. The molecule has 0 heterocycles. The van der Waals surface area contributed by atoms with Gasteiger partial charge < -0.3 is 10.2 Å². The van der Waals surface area contributed by atoms with Crippen LogP contribution in [0.5, 0.6) is 0 Å². The summed E-state index contributed by atoms with van der Waals surface area (Å²) in [5.41, 5.74) is 0. The lowest BCUT2D eigenvalue weighted by Crippen LogP contribution is -2.16. The first-order valence-corrected chi connectivity index (χ1v) is 4.06. The molecule has 0 saturated carbocycles. The highest BCUT2D eigenvalue weighted by atomic mass is 16.3. The van der Waals surface area contributed by atoms with Crippen LogP contribution in [-0.4, -0.2) is 22.4 Å². The van der Waals surface area contributed by atoms with E-state index in [1.54, 1.807) is 0 Å². The van der Waals surface area contributed by atoms with E-state index in [9.17, 15) is 5.11 Å². The topological polar surface area (TPSA) is 40.5 Å². The van der Waals surface area contributed by atoms with Crippen molar-refractivity contribution < 1.29 is 10.2 Å². The van der Waals surface area contributed by atoms with Gasteiger partial charge in [0.15, 0.2) is 0 Å². The minimum atomic E-state index is -0.318. The van der Waals surface area contributed by atoms with Gasteiger partial charge >= 0.3 is 0 Å². The second-order valence-corrected chi connectivity index (χ2v) is 2.74. The number of hydrogen-bond acceptors (Lipinski definition) is 2. The first kappa shape index (κ1) is 9.92. The summed E-state index contributed by atoms with van der Waals surface area (Å²) in [4.78, 5) is 0. The average molecular weight is 146 g/mol. The maximum absolute atomic E-state index is 9.19. The Morgan fingerprint density at radius 1 is 1.10 bits per heavy atom. The van der Waals surface area contributed by atoms with E-state index < -0.39 is 0 Å². The highest BCUT2D eigenvalue weighted by Crippen LogP contribution is 2.06. The van der Waals surface area contributed by atoms with Crippen LogP contribution in [0.4, 0.5) is 0 Å². The molecule has 2 heteroatoms. The van der Waals surface area contributed by atoms with Crippen molar-refractivity contribution in [3.8, 4) is 0 Å². The predicted octanol–water partition coefficient (Wildman–Crippen LogP) is 1.31. The second kappa shape index (κ2) is 5.69. The molecule has 0 aliphatic carbocycles. The third-order valence-electron chi connectivity index (χ3n) is 1.64. The van der Waals surface area contributed by atoms with Crippen LogP contribution >= 0.6 is 0 Å². The third-order valence-corrected chi connectivity index (χ3v) is 1.64. The van der Waals surface area contributed by atoms with Gasteiger partial charge in [-0.05, 0) is 19.3 Å². The zero-order valence-electron chi connectivity index (χ0n) is 6.88. The molecule has 1 unspecified atom stereocenters. The molecule has 0 spiro atoms. The average Bonchev–Trinajstić information content (AvgIpc) is 1.88. The van der Waals surface area contributed by atoms with E-state index in [4.69, 9.17) is 5.11 Å². The van der Waals surface area contributed by atoms with Gasteiger partial charge in [-0.25, -0.2) is 0 Å². The van der Waals surface area contributed by atoms with Crippen molar-refractivity contribution in [1.29, 1.82) is 0 Å². The summed E-state index contributed by atoms with van der Waals surface area (Å²) in [7, 11) is 0. The second-order valence-electron chi connectivity index (χ2n) is 2.74. The molecule has 0 saturated heterocycles. The Hall–Kier alpha value is -0.0800. The molecule has 0 aliphatic heterocycles. The normalized spacial score (nSPS) is 16.8. The molecule has 0 aromatic rings. The van der Waals surface area contributed by atoms with Gasteiger partial charge in [0.25, 0.3) is 0 Å². The van der Waals surface area contributed by atoms with Gasteiger partial charge in [-0.3, -0.25) is 0 Å². The largest absolute Gasteiger partial charge is 0.393 e. The molecule has 0 aliphatic rings. The van der Waals surface area contributed by atoms with E-state index in [0.717, 1.165) is 19.3 Å². The lowest BCUT2D eigenvalue weighted by atomic mass is 10.1. The SMILES string of the molecule is CCCC(O)C[C@@H](O)CC. The number of hydrogen-bond donors (Lipinski definition) is 2. The molecule has 62 valence electrons. The van der Waals surface area contributed by atoms with E-state index >= 15 is 0 Å². The summed E-state index contributed by atoms with van der Waals surface area (Å²) in [5.74, 6) is 0. The van der Waals surface area contributed by atoms with Crippen LogP contribution in [0.2, 0.25) is 0 Å². The molecule has 0 bridgehead atoms. The monoisotopic (exact) mass is 146 g/mol. The Morgan fingerprint density at radius 3 is 2.10 bits per heavy atom. The van der Waals surface area contributed by atoms with Crippen LogP contribution in [0.3, 0.4) is 0 Å². The van der Waals surface area contributed by atoms with Gasteiger partial charge in [-0.15, -0.1) is 0 Å². The van der Waals surface area contributed by atoms with Gasteiger partial charge in [-0.2, -0.15) is 0 Å². The molecule has 0 aromatic carbocycles. The zero-order valence-corrected chi connectivity index (χ0v) is 6.88. The minimum Gasteiger partial charge on any atom is -0.393 e. The van der Waals surface area contributed by atoms with Crippen molar-refractivity contribution in [3.05, 3.63) is 0 Å². The Bertz CT molecular complexity index is 73.7. The van der Waals surface area contributed by atoms with Gasteiger partial charge in [0.1, 0.15) is 0 Å². The third kappa shape index (κ3) is 4.77. The Morgan fingerprint density at radius 2 is 1.70 bits per heavy atom. The fraction of sp³-hybridized carbons (Fsp3) is 1.00. The quantitative estimate of drug-likeness (QED) is 0.614. The Kier molecular flexibility index (Phi) is 5.64. The van der Waals surface area contributed by atoms with E-state index in [1.165, 1.54) is 0 Å². The predicted molar refractivity (Wildman–Crippen MR) is 41.8 cm³/mol. The summed E-state index contributed by atoms with van der Waals surface area (Å²) in [6.45, 7) is 3.95. The van der Waals surface area contributed by atoms with Crippen LogP contribution in [-0.2, 0) is 0 Å². The highest BCUT2D eigenvalue weighted by molar-refractivity contribution is 4.60. The standard InChI is InChI=1S/C8H18O2/c1-3-5-8(10)6-7(9)4-2/h7-10H,3-6H2,1-2H3/t7-,8?/m0/s1. The van der Waals surface area contributed by atoms with E-state index in [1.807, 2.05) is 13.8 Å². The van der Waals surface area contributed by atoms with E-state index in [0.29, 0.717) is 6.42 Å². The highest BCUT2D eigenvalue weighted by Gasteiger charge is 2.08. The molecule has 0 radical (unpaired) electrons. The van der Waals surface area contributed by atoms with Crippen LogP contribution in [0.25, 0.3) is 0 Å². The zero-order chi connectivity index (χ0) is 7.98. The molecular weight excluding hydrogens is 128 g/mol. The molecule has 10 heavy (non-hydrogen) atoms. The summed E-state index contributed by atoms with van der Waals surface area (Å²) in [6, 6.07) is 0. The van der Waals surface area contributed by atoms with Gasteiger partial charge in [0.2, 0.25) is 0 Å². The molecule has 0 fully saturated rings. The van der Waals surface area contributed by atoms with Crippen molar-refractivity contribution in [2.24, 2.45) is 0 Å². The molecule has 2 atom stereocenters. The maximum atomic E-state index is 9.19. The maximum Gasteiger partial charge on any atom is 0.0564 e. The fourth-order valence-corrected chi connectivity index (χ4v) is 0.932. The first-order valence-electron chi connectivity index (χ1n) is 4.06. The number of aliphatic hydroxyl groups is 2. The van der Waals surface area contributed by atoms with Gasteiger partial charge in [0, 0.05) is 0 Å².